The van der Waals surface area contributed by atoms with Gasteiger partial charge >= 0.3 is 11.9 Å². The quantitative estimate of drug-likeness (QED) is 0.0388. The van der Waals surface area contributed by atoms with Gasteiger partial charge in [-0.15, -0.1) is 0 Å². The predicted molar refractivity (Wildman–Crippen MR) is 268 cm³/mol. The lowest BCUT2D eigenvalue weighted by Gasteiger charge is -2.27. The van der Waals surface area contributed by atoms with E-state index in [9.17, 15) is 9.59 Å². The number of aryl methyl sites for hydroxylation is 2. The minimum Gasteiger partial charge on any atom is -0.462 e. The Kier molecular flexibility index (Phi) is 19.8. The zero-order valence-electron chi connectivity index (χ0n) is 40.6. The fourth-order valence-electron chi connectivity index (χ4n) is 7.65. The van der Waals surface area contributed by atoms with Crippen LogP contribution in [0.4, 0.5) is 0 Å². The number of carbonyl (C=O) groups is 2. The van der Waals surface area contributed by atoms with Gasteiger partial charge in [0, 0.05) is 35.9 Å². The second-order valence-corrected chi connectivity index (χ2v) is 18.1. The standard InChI is InChI=1S/C58H70N4O5/c1-7-11-13-15-17-43-35-59-55(60-36-43)49-27-19-45(20-28-49)53(47-23-31-51(32-24-47)57(63)65-39-41(5)9-3)67-54(48-25-33-52(34-26-48)58(64)66-40-42(6)10-4)46-21-29-50(30-22-46)56-61-37-44(38-62-56)18-16-14-12-8-2/h19-38,41-42,53-54H,7-18,39-40H2,1-6H3. The number of benzene rings is 4. The number of aromatic nitrogens is 4. The number of ether oxygens (including phenoxy) is 3. The molecule has 0 bridgehead atoms. The molecule has 6 rings (SSSR count). The highest BCUT2D eigenvalue weighted by atomic mass is 16.5. The zero-order chi connectivity index (χ0) is 47.4. The molecule has 9 heteroatoms. The van der Waals surface area contributed by atoms with E-state index < -0.39 is 12.2 Å². The summed E-state index contributed by atoms with van der Waals surface area (Å²) < 4.78 is 18.6. The highest BCUT2D eigenvalue weighted by Gasteiger charge is 2.25. The van der Waals surface area contributed by atoms with Crippen molar-refractivity contribution in [1.29, 1.82) is 0 Å². The molecule has 4 atom stereocenters. The molecule has 9 nitrogen and oxygen atoms in total. The van der Waals surface area contributed by atoms with Crippen molar-refractivity contribution in [2.24, 2.45) is 11.8 Å². The Bertz CT molecular complexity index is 2210. The molecular formula is C58H70N4O5. The molecule has 4 unspecified atom stereocenters. The molecule has 0 aliphatic rings. The molecule has 2 aromatic heterocycles. The van der Waals surface area contributed by atoms with Gasteiger partial charge in [-0.3, -0.25) is 0 Å². The maximum absolute atomic E-state index is 13.1. The molecule has 0 amide bonds. The molecule has 6 aromatic rings. The van der Waals surface area contributed by atoms with Crippen LogP contribution >= 0.6 is 0 Å². The van der Waals surface area contributed by atoms with E-state index >= 15 is 0 Å². The topological polar surface area (TPSA) is 113 Å². The van der Waals surface area contributed by atoms with Crippen molar-refractivity contribution < 1.29 is 23.8 Å². The highest BCUT2D eigenvalue weighted by Crippen LogP contribution is 2.38. The van der Waals surface area contributed by atoms with Crippen molar-refractivity contribution in [3.05, 3.63) is 166 Å². The van der Waals surface area contributed by atoms with Gasteiger partial charge in [0.05, 0.1) is 24.3 Å². The Morgan fingerprint density at radius 3 is 1.09 bits per heavy atom. The van der Waals surface area contributed by atoms with Crippen LogP contribution < -0.4 is 0 Å². The molecule has 0 aliphatic heterocycles. The van der Waals surface area contributed by atoms with E-state index in [1.807, 2.05) is 73.3 Å². The van der Waals surface area contributed by atoms with Gasteiger partial charge in [0.1, 0.15) is 12.2 Å². The van der Waals surface area contributed by atoms with Crippen LogP contribution in [0.1, 0.15) is 172 Å². The van der Waals surface area contributed by atoms with E-state index in [1.165, 1.54) is 38.5 Å². The van der Waals surface area contributed by atoms with Crippen molar-refractivity contribution >= 4 is 11.9 Å². The van der Waals surface area contributed by atoms with Crippen LogP contribution in [0.5, 0.6) is 0 Å². The predicted octanol–water partition coefficient (Wildman–Crippen LogP) is 14.1. The lowest BCUT2D eigenvalue weighted by atomic mass is 9.95. The van der Waals surface area contributed by atoms with Gasteiger partial charge in [-0.25, -0.2) is 29.5 Å². The van der Waals surface area contributed by atoms with Crippen molar-refractivity contribution in [2.45, 2.75) is 131 Å². The maximum atomic E-state index is 13.1. The summed E-state index contributed by atoms with van der Waals surface area (Å²) in [4.78, 5) is 45.1. The van der Waals surface area contributed by atoms with E-state index in [0.717, 1.165) is 83.0 Å². The number of rotatable bonds is 26. The molecule has 0 N–H and O–H groups in total. The summed E-state index contributed by atoms with van der Waals surface area (Å²) in [6.07, 6.45) is 20.0. The first-order valence-corrected chi connectivity index (χ1v) is 24.7. The average molecular weight is 903 g/mol. The molecule has 67 heavy (non-hydrogen) atoms. The van der Waals surface area contributed by atoms with Crippen molar-refractivity contribution in [1.82, 2.24) is 19.9 Å². The lowest BCUT2D eigenvalue weighted by molar-refractivity contribution is 0.0306. The van der Waals surface area contributed by atoms with Gasteiger partial charge in [0.25, 0.3) is 0 Å². The van der Waals surface area contributed by atoms with Crippen LogP contribution in [0.3, 0.4) is 0 Å². The van der Waals surface area contributed by atoms with E-state index in [4.69, 9.17) is 34.1 Å². The zero-order valence-corrected chi connectivity index (χ0v) is 40.6. The molecule has 0 fully saturated rings. The summed E-state index contributed by atoms with van der Waals surface area (Å²) in [5, 5.41) is 0. The molecule has 0 saturated carbocycles. The number of unbranched alkanes of at least 4 members (excludes halogenated alkanes) is 6. The van der Waals surface area contributed by atoms with Crippen LogP contribution in [0.2, 0.25) is 0 Å². The lowest BCUT2D eigenvalue weighted by Crippen LogP contribution is -2.15. The smallest absolute Gasteiger partial charge is 0.338 e. The largest absolute Gasteiger partial charge is 0.462 e. The Balaban J connectivity index is 1.33. The van der Waals surface area contributed by atoms with Gasteiger partial charge in [0.2, 0.25) is 0 Å². The minimum atomic E-state index is -0.580. The normalized spacial score (nSPS) is 13.1. The van der Waals surface area contributed by atoms with Gasteiger partial charge in [-0.2, -0.15) is 0 Å². The van der Waals surface area contributed by atoms with Gasteiger partial charge in [0.15, 0.2) is 11.6 Å². The van der Waals surface area contributed by atoms with Gasteiger partial charge in [-0.05, 0) is 95.2 Å². The number of nitrogens with zero attached hydrogens (tertiary/aromatic N) is 4. The third-order valence-corrected chi connectivity index (χ3v) is 12.6. The third-order valence-electron chi connectivity index (χ3n) is 12.6. The van der Waals surface area contributed by atoms with Crippen LogP contribution in [0, 0.1) is 11.8 Å². The van der Waals surface area contributed by atoms with Crippen LogP contribution in [-0.4, -0.2) is 45.1 Å². The Hall–Kier alpha value is -6.06. The third kappa shape index (κ3) is 15.0. The molecular weight excluding hydrogens is 833 g/mol. The molecule has 0 saturated heterocycles. The number of hydrogen-bond donors (Lipinski definition) is 0. The molecule has 2 heterocycles. The number of hydrogen-bond acceptors (Lipinski definition) is 9. The monoisotopic (exact) mass is 903 g/mol. The molecule has 0 aliphatic carbocycles. The average Bonchev–Trinajstić information content (AvgIpc) is 3.38. The summed E-state index contributed by atoms with van der Waals surface area (Å²) in [6, 6.07) is 31.3. The molecule has 4 aromatic carbocycles. The van der Waals surface area contributed by atoms with E-state index in [2.05, 4.69) is 65.8 Å². The maximum Gasteiger partial charge on any atom is 0.338 e. The first kappa shape index (κ1) is 50.4. The van der Waals surface area contributed by atoms with Crippen molar-refractivity contribution in [2.75, 3.05) is 13.2 Å². The SMILES string of the molecule is CCCCCCc1cnc(-c2ccc(C(OC(c3ccc(C(=O)OCC(C)CC)cc3)c3ccc(-c4ncc(CCCCCC)cn4)cc3)c3ccc(C(=O)OCC(C)CC)cc3)cc2)nc1. The summed E-state index contributed by atoms with van der Waals surface area (Å²) in [5.41, 5.74) is 8.54. The van der Waals surface area contributed by atoms with Gasteiger partial charge < -0.3 is 14.2 Å². The minimum absolute atomic E-state index is 0.275. The van der Waals surface area contributed by atoms with Crippen LogP contribution in [-0.2, 0) is 27.1 Å². The van der Waals surface area contributed by atoms with Crippen LogP contribution in [0.25, 0.3) is 22.8 Å². The van der Waals surface area contributed by atoms with E-state index in [-0.39, 0.29) is 23.8 Å². The second-order valence-electron chi connectivity index (χ2n) is 18.1. The second kappa shape index (κ2) is 26.3. The summed E-state index contributed by atoms with van der Waals surface area (Å²) >= 11 is 0. The molecule has 0 radical (unpaired) electrons. The summed E-state index contributed by atoms with van der Waals surface area (Å²) in [6.45, 7) is 13.5. The van der Waals surface area contributed by atoms with Crippen molar-refractivity contribution in [3.63, 3.8) is 0 Å². The Morgan fingerprint density at radius 1 is 0.448 bits per heavy atom. The summed E-state index contributed by atoms with van der Waals surface area (Å²) in [5.74, 6) is 1.16. The highest BCUT2D eigenvalue weighted by molar-refractivity contribution is 5.90. The Labute approximate surface area is 399 Å². The number of carbonyl (C=O) groups excluding carboxylic acids is 2. The number of esters is 2. The van der Waals surface area contributed by atoms with Crippen molar-refractivity contribution in [3.8, 4) is 22.8 Å². The van der Waals surface area contributed by atoms with E-state index in [1.54, 1.807) is 24.3 Å². The molecule has 0 spiro atoms. The first-order valence-electron chi connectivity index (χ1n) is 24.7. The first-order chi connectivity index (χ1) is 32.7. The van der Waals surface area contributed by atoms with E-state index in [0.29, 0.717) is 36.0 Å². The fraction of sp³-hybridized carbons (Fsp3) is 0.414. The fourth-order valence-corrected chi connectivity index (χ4v) is 7.65. The Morgan fingerprint density at radius 2 is 0.776 bits per heavy atom. The van der Waals surface area contributed by atoms with Crippen LogP contribution in [0.15, 0.2) is 122 Å². The van der Waals surface area contributed by atoms with Gasteiger partial charge in [-0.1, -0.05) is 166 Å². The summed E-state index contributed by atoms with van der Waals surface area (Å²) in [7, 11) is 0. The molecule has 352 valence electrons.